The average Bonchev–Trinajstić information content (AvgIpc) is 1.96. The van der Waals surface area contributed by atoms with E-state index in [-0.39, 0.29) is 6.03 Å². The second kappa shape index (κ2) is 5.79. The largest absolute Gasteiger partial charge is 0.325 e. The molecule has 5 heteroatoms. The summed E-state index contributed by atoms with van der Waals surface area (Å²) in [6.07, 6.45) is 0. The molecule has 0 aliphatic carbocycles. The van der Waals surface area contributed by atoms with E-state index in [2.05, 4.69) is 10.6 Å². The number of hydrogen-bond donors (Lipinski definition) is 2. The van der Waals surface area contributed by atoms with E-state index in [0.717, 1.165) is 0 Å². The minimum absolute atomic E-state index is 0.141. The maximum atomic E-state index is 11.0. The molecule has 0 aliphatic rings. The van der Waals surface area contributed by atoms with Crippen molar-refractivity contribution in [1.29, 1.82) is 0 Å². The predicted molar refractivity (Wildman–Crippen MR) is 48.8 cm³/mol. The highest BCUT2D eigenvalue weighted by Gasteiger charge is 1.98. The van der Waals surface area contributed by atoms with Crippen molar-refractivity contribution in [3.05, 3.63) is 0 Å². The molecule has 0 rings (SSSR count). The Morgan fingerprint density at radius 3 is 1.58 bits per heavy atom. The molecule has 0 saturated heterocycles. The predicted octanol–water partition coefficient (Wildman–Crippen LogP) is -0.676. The summed E-state index contributed by atoms with van der Waals surface area (Å²) in [5.41, 5.74) is 0. The summed E-state index contributed by atoms with van der Waals surface area (Å²) in [6.45, 7) is 1.11. The number of nitrogens with one attached hydrogen (secondary N) is 2. The standard InChI is InChI=1S/C7H18N4O/c1-10(2)5-8-7(12)9-6-11(3)4/h5-6H2,1-4H3,(H2,8,9,12). The van der Waals surface area contributed by atoms with Crippen LogP contribution in [0.4, 0.5) is 4.79 Å². The van der Waals surface area contributed by atoms with Crippen molar-refractivity contribution in [2.75, 3.05) is 41.5 Å². The molecule has 0 aromatic heterocycles. The molecule has 0 aromatic rings. The highest BCUT2D eigenvalue weighted by Crippen LogP contribution is 1.71. The Bertz CT molecular complexity index is 121. The Morgan fingerprint density at radius 2 is 1.33 bits per heavy atom. The van der Waals surface area contributed by atoms with Crippen molar-refractivity contribution in [2.45, 2.75) is 0 Å². The van der Waals surface area contributed by atoms with E-state index >= 15 is 0 Å². The first-order valence-electron chi connectivity index (χ1n) is 3.83. The second-order valence-electron chi connectivity index (χ2n) is 3.16. The molecule has 2 N–H and O–H groups in total. The number of hydrogen-bond acceptors (Lipinski definition) is 3. The first-order valence-corrected chi connectivity index (χ1v) is 3.83. The summed E-state index contributed by atoms with van der Waals surface area (Å²) in [6, 6.07) is -0.141. The highest BCUT2D eigenvalue weighted by atomic mass is 16.2. The molecule has 0 aliphatic heterocycles. The Labute approximate surface area is 73.7 Å². The molecule has 72 valence electrons. The molecule has 12 heavy (non-hydrogen) atoms. The third-order valence-corrected chi connectivity index (χ3v) is 1.11. The molecular formula is C7H18N4O. The first kappa shape index (κ1) is 11.2. The minimum atomic E-state index is -0.141. The molecule has 0 bridgehead atoms. The Morgan fingerprint density at radius 1 is 1.00 bits per heavy atom. The molecule has 0 saturated carbocycles. The molecule has 0 radical (unpaired) electrons. The molecule has 0 spiro atoms. The van der Waals surface area contributed by atoms with Crippen molar-refractivity contribution < 1.29 is 4.79 Å². The lowest BCUT2D eigenvalue weighted by Gasteiger charge is -2.14. The van der Waals surface area contributed by atoms with Crippen molar-refractivity contribution in [2.24, 2.45) is 0 Å². The fourth-order valence-electron chi connectivity index (χ4n) is 0.522. The normalized spacial score (nSPS) is 10.5. The van der Waals surface area contributed by atoms with E-state index in [0.29, 0.717) is 13.3 Å². The fourth-order valence-corrected chi connectivity index (χ4v) is 0.522. The van der Waals surface area contributed by atoms with Gasteiger partial charge in [-0.05, 0) is 28.2 Å². The van der Waals surface area contributed by atoms with Gasteiger partial charge in [-0.25, -0.2) is 4.79 Å². The van der Waals surface area contributed by atoms with Crippen molar-refractivity contribution in [3.8, 4) is 0 Å². The van der Waals surface area contributed by atoms with E-state index in [1.807, 2.05) is 38.0 Å². The summed E-state index contributed by atoms with van der Waals surface area (Å²) >= 11 is 0. The van der Waals surface area contributed by atoms with Crippen LogP contribution in [0.2, 0.25) is 0 Å². The quantitative estimate of drug-likeness (QED) is 0.555. The van der Waals surface area contributed by atoms with Gasteiger partial charge >= 0.3 is 6.03 Å². The lowest BCUT2D eigenvalue weighted by molar-refractivity contribution is 0.227. The van der Waals surface area contributed by atoms with Gasteiger partial charge in [0, 0.05) is 0 Å². The van der Waals surface area contributed by atoms with Gasteiger partial charge < -0.3 is 10.6 Å². The molecule has 0 fully saturated rings. The average molecular weight is 174 g/mol. The Hall–Kier alpha value is -0.810. The van der Waals surface area contributed by atoms with Crippen LogP contribution < -0.4 is 10.6 Å². The number of amides is 2. The maximum absolute atomic E-state index is 11.0. The zero-order chi connectivity index (χ0) is 9.56. The van der Waals surface area contributed by atoms with Crippen LogP contribution in [0.25, 0.3) is 0 Å². The van der Waals surface area contributed by atoms with E-state index in [9.17, 15) is 4.79 Å². The van der Waals surface area contributed by atoms with Gasteiger partial charge in [-0.15, -0.1) is 0 Å². The lowest BCUT2D eigenvalue weighted by Crippen LogP contribution is -2.43. The van der Waals surface area contributed by atoms with Gasteiger partial charge in [-0.3, -0.25) is 9.80 Å². The second-order valence-corrected chi connectivity index (χ2v) is 3.16. The van der Waals surface area contributed by atoms with Crippen LogP contribution in [0.5, 0.6) is 0 Å². The number of urea groups is 1. The van der Waals surface area contributed by atoms with Crippen LogP contribution in [0.1, 0.15) is 0 Å². The van der Waals surface area contributed by atoms with E-state index < -0.39 is 0 Å². The minimum Gasteiger partial charge on any atom is -0.325 e. The van der Waals surface area contributed by atoms with Crippen LogP contribution in [0.3, 0.4) is 0 Å². The number of carbonyl (C=O) groups excluding carboxylic acids is 1. The molecule has 5 nitrogen and oxygen atoms in total. The van der Waals surface area contributed by atoms with Gasteiger partial charge in [-0.1, -0.05) is 0 Å². The lowest BCUT2D eigenvalue weighted by atomic mass is 10.8. The number of nitrogens with zero attached hydrogens (tertiary/aromatic N) is 2. The van der Waals surface area contributed by atoms with Gasteiger partial charge in [-0.2, -0.15) is 0 Å². The summed E-state index contributed by atoms with van der Waals surface area (Å²) in [5, 5.41) is 5.37. The van der Waals surface area contributed by atoms with Gasteiger partial charge in [0.25, 0.3) is 0 Å². The molecule has 0 aromatic carbocycles. The third-order valence-electron chi connectivity index (χ3n) is 1.11. The molecule has 2 amide bonds. The topological polar surface area (TPSA) is 47.6 Å². The van der Waals surface area contributed by atoms with E-state index in [1.165, 1.54) is 0 Å². The zero-order valence-corrected chi connectivity index (χ0v) is 8.22. The maximum Gasteiger partial charge on any atom is 0.316 e. The van der Waals surface area contributed by atoms with E-state index in [1.54, 1.807) is 0 Å². The van der Waals surface area contributed by atoms with Crippen molar-refractivity contribution in [1.82, 2.24) is 20.4 Å². The molecule has 0 unspecified atom stereocenters. The number of carbonyl (C=O) groups is 1. The van der Waals surface area contributed by atoms with E-state index in [4.69, 9.17) is 0 Å². The monoisotopic (exact) mass is 174 g/mol. The van der Waals surface area contributed by atoms with Crippen LogP contribution in [0.15, 0.2) is 0 Å². The van der Waals surface area contributed by atoms with Crippen LogP contribution >= 0.6 is 0 Å². The number of rotatable bonds is 4. The third kappa shape index (κ3) is 7.30. The summed E-state index contributed by atoms with van der Waals surface area (Å²) in [4.78, 5) is 14.7. The summed E-state index contributed by atoms with van der Waals surface area (Å²) in [5.74, 6) is 0. The molecule has 0 heterocycles. The van der Waals surface area contributed by atoms with Crippen LogP contribution in [0, 0.1) is 0 Å². The van der Waals surface area contributed by atoms with Gasteiger partial charge in [0.2, 0.25) is 0 Å². The Kier molecular flexibility index (Phi) is 5.40. The van der Waals surface area contributed by atoms with Crippen molar-refractivity contribution in [3.63, 3.8) is 0 Å². The van der Waals surface area contributed by atoms with Gasteiger partial charge in [0.1, 0.15) is 0 Å². The van der Waals surface area contributed by atoms with Crippen LogP contribution in [-0.4, -0.2) is 57.4 Å². The smallest absolute Gasteiger partial charge is 0.316 e. The molecule has 0 atom stereocenters. The first-order chi connectivity index (χ1) is 5.52. The van der Waals surface area contributed by atoms with Gasteiger partial charge in [0.15, 0.2) is 0 Å². The summed E-state index contributed by atoms with van der Waals surface area (Å²) in [7, 11) is 7.58. The molecular weight excluding hydrogens is 156 g/mol. The van der Waals surface area contributed by atoms with Crippen LogP contribution in [-0.2, 0) is 0 Å². The fraction of sp³-hybridized carbons (Fsp3) is 0.857. The van der Waals surface area contributed by atoms with Gasteiger partial charge in [0.05, 0.1) is 13.3 Å². The summed E-state index contributed by atoms with van der Waals surface area (Å²) < 4.78 is 0. The van der Waals surface area contributed by atoms with Crippen molar-refractivity contribution >= 4 is 6.03 Å². The zero-order valence-electron chi connectivity index (χ0n) is 8.22. The SMILES string of the molecule is CN(C)CNC(=O)NCN(C)C. The Balaban J connectivity index is 3.34. The highest BCUT2D eigenvalue weighted by molar-refractivity contribution is 5.73.